The van der Waals surface area contributed by atoms with Gasteiger partial charge in [0.05, 0.1) is 17.8 Å². The van der Waals surface area contributed by atoms with Crippen molar-refractivity contribution < 1.29 is 17.6 Å². The van der Waals surface area contributed by atoms with Crippen molar-refractivity contribution in [1.82, 2.24) is 9.78 Å². The van der Waals surface area contributed by atoms with Crippen molar-refractivity contribution >= 4 is 5.69 Å². The SMILES string of the molecule is CCn1cc(C(C)Nc2ccc(F)c(C(F)(F)F)c2)cn1. The van der Waals surface area contributed by atoms with Gasteiger partial charge in [-0.3, -0.25) is 4.68 Å². The third kappa shape index (κ3) is 3.53. The van der Waals surface area contributed by atoms with Gasteiger partial charge in [0.2, 0.25) is 0 Å². The smallest absolute Gasteiger partial charge is 0.378 e. The molecule has 0 fully saturated rings. The van der Waals surface area contributed by atoms with Crippen molar-refractivity contribution in [3.8, 4) is 0 Å². The van der Waals surface area contributed by atoms with Gasteiger partial charge in [-0.25, -0.2) is 4.39 Å². The molecule has 0 saturated heterocycles. The highest BCUT2D eigenvalue weighted by atomic mass is 19.4. The monoisotopic (exact) mass is 301 g/mol. The molecule has 114 valence electrons. The van der Waals surface area contributed by atoms with Gasteiger partial charge < -0.3 is 5.32 Å². The van der Waals surface area contributed by atoms with Crippen LogP contribution in [-0.2, 0) is 12.7 Å². The molecule has 0 radical (unpaired) electrons. The van der Waals surface area contributed by atoms with Crippen LogP contribution in [0.4, 0.5) is 23.2 Å². The molecular formula is C14H15F4N3. The number of rotatable bonds is 4. The lowest BCUT2D eigenvalue weighted by Crippen LogP contribution is -2.11. The fourth-order valence-corrected chi connectivity index (χ4v) is 1.94. The lowest BCUT2D eigenvalue weighted by atomic mass is 10.1. The summed E-state index contributed by atoms with van der Waals surface area (Å²) in [5, 5.41) is 7.02. The molecule has 0 aliphatic heterocycles. The number of halogens is 4. The molecule has 0 aliphatic carbocycles. The van der Waals surface area contributed by atoms with E-state index in [4.69, 9.17) is 0 Å². The van der Waals surface area contributed by atoms with Crippen molar-refractivity contribution in [2.75, 3.05) is 5.32 Å². The molecule has 7 heteroatoms. The summed E-state index contributed by atoms with van der Waals surface area (Å²) in [5.41, 5.74) is -0.223. The van der Waals surface area contributed by atoms with Crippen LogP contribution >= 0.6 is 0 Å². The van der Waals surface area contributed by atoms with Gasteiger partial charge in [0, 0.05) is 24.0 Å². The van der Waals surface area contributed by atoms with Crippen LogP contribution in [0.25, 0.3) is 0 Å². The molecule has 3 nitrogen and oxygen atoms in total. The van der Waals surface area contributed by atoms with E-state index in [9.17, 15) is 17.6 Å². The molecule has 0 spiro atoms. The van der Waals surface area contributed by atoms with Gasteiger partial charge >= 0.3 is 6.18 Å². The summed E-state index contributed by atoms with van der Waals surface area (Å²) in [6.45, 7) is 4.44. The average molecular weight is 301 g/mol. The predicted molar refractivity (Wildman–Crippen MR) is 71.3 cm³/mol. The van der Waals surface area contributed by atoms with Crippen molar-refractivity contribution in [1.29, 1.82) is 0 Å². The Morgan fingerprint density at radius 2 is 2.05 bits per heavy atom. The molecule has 2 rings (SSSR count). The zero-order valence-electron chi connectivity index (χ0n) is 11.6. The number of aromatic nitrogens is 2. The Morgan fingerprint density at radius 3 is 2.62 bits per heavy atom. The van der Waals surface area contributed by atoms with Gasteiger partial charge in [-0.2, -0.15) is 18.3 Å². The Morgan fingerprint density at radius 1 is 1.33 bits per heavy atom. The summed E-state index contributed by atoms with van der Waals surface area (Å²) >= 11 is 0. The minimum Gasteiger partial charge on any atom is -0.378 e. The highest BCUT2D eigenvalue weighted by molar-refractivity contribution is 5.48. The van der Waals surface area contributed by atoms with Gasteiger partial charge in [-0.1, -0.05) is 0 Å². The van der Waals surface area contributed by atoms with Gasteiger partial charge in [0.15, 0.2) is 0 Å². The first-order valence-electron chi connectivity index (χ1n) is 6.47. The molecule has 1 atom stereocenters. The summed E-state index contributed by atoms with van der Waals surface area (Å²) in [7, 11) is 0. The molecule has 21 heavy (non-hydrogen) atoms. The first-order valence-corrected chi connectivity index (χ1v) is 6.47. The van der Waals surface area contributed by atoms with Crippen molar-refractivity contribution in [2.24, 2.45) is 0 Å². The molecule has 1 N–H and O–H groups in total. The quantitative estimate of drug-likeness (QED) is 0.856. The lowest BCUT2D eigenvalue weighted by Gasteiger charge is -2.16. The Hall–Kier alpha value is -2.05. The standard InChI is InChI=1S/C14H15F4N3/c1-3-21-8-10(7-19-21)9(2)20-11-4-5-13(15)12(6-11)14(16,17)18/h4-9,20H,3H2,1-2H3. The summed E-state index contributed by atoms with van der Waals surface area (Å²) < 4.78 is 52.9. The molecule has 0 bridgehead atoms. The van der Waals surface area contributed by atoms with Crippen molar-refractivity contribution in [3.63, 3.8) is 0 Å². The van der Waals surface area contributed by atoms with E-state index in [1.54, 1.807) is 17.8 Å². The Balaban J connectivity index is 2.19. The first kappa shape index (κ1) is 15.3. The third-order valence-corrected chi connectivity index (χ3v) is 3.13. The largest absolute Gasteiger partial charge is 0.419 e. The minimum atomic E-state index is -4.71. The predicted octanol–water partition coefficient (Wildman–Crippen LogP) is 4.23. The maximum atomic E-state index is 13.2. The zero-order chi connectivity index (χ0) is 15.6. The second-order valence-corrected chi connectivity index (χ2v) is 4.69. The number of nitrogens with zero attached hydrogens (tertiary/aromatic N) is 2. The summed E-state index contributed by atoms with van der Waals surface area (Å²) in [6.07, 6.45) is -1.25. The van der Waals surface area contributed by atoms with Crippen LogP contribution in [0.15, 0.2) is 30.6 Å². The number of anilines is 1. The van der Waals surface area contributed by atoms with Crippen molar-refractivity contribution in [3.05, 3.63) is 47.5 Å². The van der Waals surface area contributed by atoms with Crippen LogP contribution in [-0.4, -0.2) is 9.78 Å². The molecule has 1 heterocycles. The molecule has 2 aromatic rings. The minimum absolute atomic E-state index is 0.209. The van der Waals surface area contributed by atoms with E-state index in [1.165, 1.54) is 6.07 Å². The van der Waals surface area contributed by atoms with Crippen LogP contribution in [0.2, 0.25) is 0 Å². The van der Waals surface area contributed by atoms with Crippen LogP contribution < -0.4 is 5.32 Å². The topological polar surface area (TPSA) is 29.9 Å². The molecule has 0 saturated carbocycles. The lowest BCUT2D eigenvalue weighted by molar-refractivity contribution is -0.139. The first-order chi connectivity index (χ1) is 9.81. The average Bonchev–Trinajstić information content (AvgIpc) is 2.88. The van der Waals surface area contributed by atoms with E-state index in [-0.39, 0.29) is 11.7 Å². The van der Waals surface area contributed by atoms with Crippen molar-refractivity contribution in [2.45, 2.75) is 32.6 Å². The fourth-order valence-electron chi connectivity index (χ4n) is 1.94. The number of alkyl halides is 3. The Labute approximate surface area is 119 Å². The maximum absolute atomic E-state index is 13.2. The van der Waals surface area contributed by atoms with Gasteiger partial charge in [0.25, 0.3) is 0 Å². The number of nitrogens with one attached hydrogen (secondary N) is 1. The highest BCUT2D eigenvalue weighted by Gasteiger charge is 2.34. The van der Waals surface area contributed by atoms with E-state index in [1.807, 2.05) is 13.1 Å². The van der Waals surface area contributed by atoms with Crippen LogP contribution in [0.5, 0.6) is 0 Å². The maximum Gasteiger partial charge on any atom is 0.419 e. The Bertz CT molecular complexity index is 619. The number of benzene rings is 1. The fraction of sp³-hybridized carbons (Fsp3) is 0.357. The van der Waals surface area contributed by atoms with Gasteiger partial charge in [0.1, 0.15) is 5.82 Å². The van der Waals surface area contributed by atoms with Crippen LogP contribution in [0.3, 0.4) is 0 Å². The number of hydrogen-bond acceptors (Lipinski definition) is 2. The highest BCUT2D eigenvalue weighted by Crippen LogP contribution is 2.33. The summed E-state index contributed by atoms with van der Waals surface area (Å²) in [5.74, 6) is -1.28. The van der Waals surface area contributed by atoms with Gasteiger partial charge in [-0.15, -0.1) is 0 Å². The molecule has 0 aliphatic rings. The van der Waals surface area contributed by atoms with E-state index >= 15 is 0 Å². The number of hydrogen-bond donors (Lipinski definition) is 1. The van der Waals surface area contributed by atoms with Crippen LogP contribution in [0, 0.1) is 5.82 Å². The zero-order valence-corrected chi connectivity index (χ0v) is 11.6. The van der Waals surface area contributed by atoms with E-state index < -0.39 is 17.6 Å². The molecular weight excluding hydrogens is 286 g/mol. The second-order valence-electron chi connectivity index (χ2n) is 4.69. The van der Waals surface area contributed by atoms with E-state index in [0.29, 0.717) is 6.54 Å². The molecule has 1 aromatic heterocycles. The Kier molecular flexibility index (Phi) is 4.20. The molecule has 1 aromatic carbocycles. The van der Waals surface area contributed by atoms with Gasteiger partial charge in [-0.05, 0) is 32.0 Å². The summed E-state index contributed by atoms with van der Waals surface area (Å²) in [6, 6.07) is 2.63. The summed E-state index contributed by atoms with van der Waals surface area (Å²) in [4.78, 5) is 0. The second kappa shape index (κ2) is 5.75. The third-order valence-electron chi connectivity index (χ3n) is 3.13. The number of aryl methyl sites for hydroxylation is 1. The molecule has 0 amide bonds. The van der Waals surface area contributed by atoms with Crippen LogP contribution in [0.1, 0.15) is 31.0 Å². The van der Waals surface area contributed by atoms with E-state index in [2.05, 4.69) is 10.4 Å². The van der Waals surface area contributed by atoms with E-state index in [0.717, 1.165) is 17.7 Å². The normalized spacial score (nSPS) is 13.2. The molecule has 1 unspecified atom stereocenters.